The average molecular weight is 730 g/mol. The highest BCUT2D eigenvalue weighted by molar-refractivity contribution is 6.16. The Hall–Kier alpha value is -7.63. The van der Waals surface area contributed by atoms with Crippen LogP contribution < -0.4 is 4.74 Å². The molecule has 5 heteroatoms. The Balaban J connectivity index is 1.08. The van der Waals surface area contributed by atoms with Crippen molar-refractivity contribution < 1.29 is 9.15 Å². The van der Waals surface area contributed by atoms with Crippen LogP contribution in [0.5, 0.6) is 11.5 Å². The third-order valence-corrected chi connectivity index (χ3v) is 11.6. The van der Waals surface area contributed by atoms with Crippen LogP contribution in [0.4, 0.5) is 0 Å². The van der Waals surface area contributed by atoms with Gasteiger partial charge in [-0.2, -0.15) is 0 Å². The molecule has 10 aromatic rings. The Morgan fingerprint density at radius 1 is 0.368 bits per heavy atom. The number of nitrogens with zero attached hydrogens (tertiary/aromatic N) is 3. The van der Waals surface area contributed by atoms with Gasteiger partial charge >= 0.3 is 0 Å². The van der Waals surface area contributed by atoms with Gasteiger partial charge in [0.25, 0.3) is 0 Å². The number of fused-ring (bicyclic) bond motifs is 13. The third-order valence-electron chi connectivity index (χ3n) is 11.6. The van der Waals surface area contributed by atoms with Gasteiger partial charge < -0.3 is 9.15 Å². The van der Waals surface area contributed by atoms with Gasteiger partial charge in [-0.3, -0.25) is 0 Å². The Labute approximate surface area is 328 Å². The Morgan fingerprint density at radius 2 is 0.860 bits per heavy atom. The van der Waals surface area contributed by atoms with Crippen LogP contribution in [0.1, 0.15) is 22.3 Å². The first-order valence-electron chi connectivity index (χ1n) is 19.2. The molecule has 2 aliphatic rings. The number of benzene rings is 8. The summed E-state index contributed by atoms with van der Waals surface area (Å²) in [6.45, 7) is 0. The van der Waals surface area contributed by atoms with Crippen LogP contribution in [0.15, 0.2) is 192 Å². The maximum atomic E-state index is 6.65. The SMILES string of the molecule is c1ccc(-c2ccc(-c3nc(-c4ccccc4)nc(-c4ccc5oc6ccc7c(c6c5c4)-c4ccccc4C74c5ccccc5Oc5ccccc54)n3)cc2)cc1. The fourth-order valence-corrected chi connectivity index (χ4v) is 9.14. The van der Waals surface area contributed by atoms with E-state index in [1.807, 2.05) is 54.6 Å². The lowest BCUT2D eigenvalue weighted by Crippen LogP contribution is -2.32. The van der Waals surface area contributed by atoms with Gasteiger partial charge in [-0.1, -0.05) is 152 Å². The number of ether oxygens (including phenoxy) is 1. The highest BCUT2D eigenvalue weighted by atomic mass is 16.5. The number of furan rings is 1. The van der Waals surface area contributed by atoms with Gasteiger partial charge in [-0.15, -0.1) is 0 Å². The number of hydrogen-bond donors (Lipinski definition) is 0. The third kappa shape index (κ3) is 4.66. The summed E-state index contributed by atoms with van der Waals surface area (Å²) in [7, 11) is 0. The Bertz CT molecular complexity index is 3160. The highest BCUT2D eigenvalue weighted by Crippen LogP contribution is 2.63. The van der Waals surface area contributed by atoms with Crippen molar-refractivity contribution in [2.45, 2.75) is 5.41 Å². The second-order valence-corrected chi connectivity index (χ2v) is 14.7. The zero-order valence-electron chi connectivity index (χ0n) is 30.6. The summed E-state index contributed by atoms with van der Waals surface area (Å²) < 4.78 is 13.2. The van der Waals surface area contributed by atoms with Crippen LogP contribution in [0, 0.1) is 0 Å². The summed E-state index contributed by atoms with van der Waals surface area (Å²) in [5.41, 5.74) is 13.2. The molecule has 1 aliphatic carbocycles. The smallest absolute Gasteiger partial charge is 0.164 e. The zero-order chi connectivity index (χ0) is 37.5. The molecule has 0 amide bonds. The fraction of sp³-hybridized carbons (Fsp3) is 0.0192. The zero-order valence-corrected chi connectivity index (χ0v) is 30.6. The number of hydrogen-bond acceptors (Lipinski definition) is 5. The highest BCUT2D eigenvalue weighted by Gasteiger charge is 2.51. The molecular weight excluding hydrogens is 699 g/mol. The normalized spacial score (nSPS) is 13.2. The number of aromatic nitrogens is 3. The van der Waals surface area contributed by atoms with Gasteiger partial charge in [0, 0.05) is 38.6 Å². The lowest BCUT2D eigenvalue weighted by atomic mass is 9.66. The summed E-state index contributed by atoms with van der Waals surface area (Å²) in [5.74, 6) is 3.57. The lowest BCUT2D eigenvalue weighted by Gasteiger charge is -2.39. The summed E-state index contributed by atoms with van der Waals surface area (Å²) in [6.07, 6.45) is 0. The second-order valence-electron chi connectivity index (χ2n) is 14.7. The first-order chi connectivity index (χ1) is 28.2. The molecule has 0 radical (unpaired) electrons. The van der Waals surface area contributed by atoms with E-state index >= 15 is 0 Å². The van der Waals surface area contributed by atoms with Crippen molar-refractivity contribution in [3.05, 3.63) is 210 Å². The van der Waals surface area contributed by atoms with Gasteiger partial charge in [0.1, 0.15) is 22.7 Å². The monoisotopic (exact) mass is 729 g/mol. The van der Waals surface area contributed by atoms with Crippen LogP contribution in [0.3, 0.4) is 0 Å². The standard InChI is InChI=1S/C52H31N3O2/c1-3-13-32(14-4-1)33-23-25-35(26-24-33)50-53-49(34-15-5-2-6-16-34)54-51(55-50)36-27-29-43-38(31-36)48-46(56-43)30-28-42-47(48)37-17-7-8-18-39(37)52(42)40-19-9-11-21-44(40)57-45-22-12-10-20-41(45)52/h1-31H. The van der Waals surface area contributed by atoms with Gasteiger partial charge in [0.15, 0.2) is 17.5 Å². The molecule has 57 heavy (non-hydrogen) atoms. The van der Waals surface area contributed by atoms with Crippen molar-refractivity contribution in [2.24, 2.45) is 0 Å². The predicted molar refractivity (Wildman–Crippen MR) is 226 cm³/mol. The van der Waals surface area contributed by atoms with Gasteiger partial charge in [-0.25, -0.2) is 15.0 Å². The summed E-state index contributed by atoms with van der Waals surface area (Å²) in [6, 6.07) is 65.3. The van der Waals surface area contributed by atoms with Gasteiger partial charge in [-0.05, 0) is 69.8 Å². The van der Waals surface area contributed by atoms with E-state index in [1.54, 1.807) is 0 Å². The van der Waals surface area contributed by atoms with E-state index < -0.39 is 5.41 Å². The molecule has 0 fully saturated rings. The Kier molecular flexibility index (Phi) is 6.78. The second kappa shape index (κ2) is 12.2. The lowest BCUT2D eigenvalue weighted by molar-refractivity contribution is 0.436. The molecule has 3 heterocycles. The molecule has 0 N–H and O–H groups in total. The van der Waals surface area contributed by atoms with Crippen LogP contribution in [-0.2, 0) is 5.41 Å². The Morgan fingerprint density at radius 3 is 1.54 bits per heavy atom. The molecule has 1 aliphatic heterocycles. The van der Waals surface area contributed by atoms with Crippen LogP contribution in [0.25, 0.3) is 78.4 Å². The molecular formula is C52H31N3O2. The van der Waals surface area contributed by atoms with E-state index in [1.165, 1.54) is 22.3 Å². The van der Waals surface area contributed by atoms with E-state index in [9.17, 15) is 0 Å². The molecule has 0 unspecified atom stereocenters. The minimum Gasteiger partial charge on any atom is -0.457 e. The van der Waals surface area contributed by atoms with Crippen LogP contribution in [0.2, 0.25) is 0 Å². The van der Waals surface area contributed by atoms with Crippen molar-refractivity contribution in [1.82, 2.24) is 15.0 Å². The minimum absolute atomic E-state index is 0.573. The molecule has 0 saturated heterocycles. The molecule has 0 atom stereocenters. The van der Waals surface area contributed by atoms with Crippen LogP contribution >= 0.6 is 0 Å². The quantitative estimate of drug-likeness (QED) is 0.180. The summed E-state index contributed by atoms with van der Waals surface area (Å²) >= 11 is 0. The van der Waals surface area contributed by atoms with E-state index in [0.29, 0.717) is 17.5 Å². The van der Waals surface area contributed by atoms with Gasteiger partial charge in [0.05, 0.1) is 5.41 Å². The van der Waals surface area contributed by atoms with Crippen molar-refractivity contribution >= 4 is 21.9 Å². The largest absolute Gasteiger partial charge is 0.457 e. The predicted octanol–water partition coefficient (Wildman–Crippen LogP) is 12.9. The maximum Gasteiger partial charge on any atom is 0.164 e. The van der Waals surface area contributed by atoms with E-state index in [-0.39, 0.29) is 0 Å². The molecule has 0 saturated carbocycles. The molecule has 2 aromatic heterocycles. The van der Waals surface area contributed by atoms with Crippen molar-refractivity contribution in [3.63, 3.8) is 0 Å². The number of para-hydroxylation sites is 2. The number of rotatable bonds is 4. The topological polar surface area (TPSA) is 61.0 Å². The van der Waals surface area contributed by atoms with Crippen molar-refractivity contribution in [1.29, 1.82) is 0 Å². The molecule has 5 nitrogen and oxygen atoms in total. The molecule has 8 aromatic carbocycles. The van der Waals surface area contributed by atoms with Crippen molar-refractivity contribution in [3.8, 4) is 67.9 Å². The van der Waals surface area contributed by atoms with E-state index in [0.717, 1.165) is 72.4 Å². The molecule has 0 bridgehead atoms. The fourth-order valence-electron chi connectivity index (χ4n) is 9.14. The van der Waals surface area contributed by atoms with E-state index in [4.69, 9.17) is 24.1 Å². The van der Waals surface area contributed by atoms with Crippen molar-refractivity contribution in [2.75, 3.05) is 0 Å². The van der Waals surface area contributed by atoms with Crippen LogP contribution in [-0.4, -0.2) is 15.0 Å². The molecule has 12 rings (SSSR count). The average Bonchev–Trinajstić information content (AvgIpc) is 3.80. The van der Waals surface area contributed by atoms with E-state index in [2.05, 4.69) is 133 Å². The molecule has 266 valence electrons. The first kappa shape index (κ1) is 31.7. The molecule has 1 spiro atoms. The summed E-state index contributed by atoms with van der Waals surface area (Å²) in [4.78, 5) is 15.2. The maximum absolute atomic E-state index is 6.65. The summed E-state index contributed by atoms with van der Waals surface area (Å²) in [5, 5.41) is 2.08. The van der Waals surface area contributed by atoms with Gasteiger partial charge in [0.2, 0.25) is 0 Å². The minimum atomic E-state index is -0.573. The first-order valence-corrected chi connectivity index (χ1v) is 19.2.